The average Bonchev–Trinajstić information content (AvgIpc) is 2.39. The summed E-state index contributed by atoms with van der Waals surface area (Å²) in [4.78, 5) is 2.96. The molecule has 1 saturated heterocycles. The molecule has 0 bridgehead atoms. The van der Waals surface area contributed by atoms with E-state index in [0.717, 1.165) is 24.4 Å². The summed E-state index contributed by atoms with van der Waals surface area (Å²) in [5.41, 5.74) is 7.13. The van der Waals surface area contributed by atoms with Crippen molar-refractivity contribution in [2.75, 3.05) is 20.2 Å². The summed E-state index contributed by atoms with van der Waals surface area (Å²) >= 11 is 5.28. The van der Waals surface area contributed by atoms with Crippen LogP contribution >= 0.6 is 12.2 Å². The Balaban J connectivity index is 2.21. The zero-order valence-electron chi connectivity index (χ0n) is 11.6. The molecule has 0 aromatic heterocycles. The molecule has 0 spiro atoms. The Morgan fingerprint density at radius 1 is 1.42 bits per heavy atom. The molecule has 19 heavy (non-hydrogen) atoms. The van der Waals surface area contributed by atoms with E-state index in [1.165, 1.54) is 12.8 Å². The van der Waals surface area contributed by atoms with E-state index in [1.54, 1.807) is 7.11 Å². The molecular weight excluding hydrogens is 256 g/mol. The van der Waals surface area contributed by atoms with Gasteiger partial charge >= 0.3 is 0 Å². The molecule has 0 aliphatic carbocycles. The molecule has 0 saturated carbocycles. The van der Waals surface area contributed by atoms with E-state index in [0.29, 0.717) is 10.9 Å². The van der Waals surface area contributed by atoms with Crippen LogP contribution in [0.25, 0.3) is 0 Å². The maximum absolute atomic E-state index is 5.97. The first-order valence-corrected chi connectivity index (χ1v) is 7.20. The van der Waals surface area contributed by atoms with E-state index >= 15 is 0 Å². The van der Waals surface area contributed by atoms with Crippen LogP contribution in [0.2, 0.25) is 0 Å². The Hall–Kier alpha value is -1.13. The summed E-state index contributed by atoms with van der Waals surface area (Å²) in [6.07, 6.45) is 2.51. The van der Waals surface area contributed by atoms with Gasteiger partial charge in [0.05, 0.1) is 18.1 Å². The van der Waals surface area contributed by atoms with Crippen LogP contribution < -0.4 is 10.5 Å². The number of methoxy groups -OCH3 is 1. The topological polar surface area (TPSA) is 38.5 Å². The molecule has 3 nitrogen and oxygen atoms in total. The van der Waals surface area contributed by atoms with Crippen LogP contribution in [-0.4, -0.2) is 30.1 Å². The molecule has 104 valence electrons. The van der Waals surface area contributed by atoms with E-state index in [1.807, 2.05) is 12.1 Å². The smallest absolute Gasteiger partial charge is 0.118 e. The second-order valence-electron chi connectivity index (χ2n) is 5.32. The summed E-state index contributed by atoms with van der Waals surface area (Å²) in [6.45, 7) is 4.42. The predicted molar refractivity (Wildman–Crippen MR) is 82.5 cm³/mol. The number of nitrogens with zero attached hydrogens (tertiary/aromatic N) is 1. The Kier molecular flexibility index (Phi) is 4.77. The van der Waals surface area contributed by atoms with Crippen LogP contribution in [0.1, 0.15) is 31.4 Å². The van der Waals surface area contributed by atoms with Gasteiger partial charge in [-0.05, 0) is 43.0 Å². The highest BCUT2D eigenvalue weighted by molar-refractivity contribution is 7.80. The van der Waals surface area contributed by atoms with Gasteiger partial charge in [-0.25, -0.2) is 0 Å². The van der Waals surface area contributed by atoms with Crippen LogP contribution in [0, 0.1) is 5.92 Å². The molecule has 2 atom stereocenters. The van der Waals surface area contributed by atoms with Gasteiger partial charge in [0.25, 0.3) is 0 Å². The van der Waals surface area contributed by atoms with Crippen molar-refractivity contribution < 1.29 is 4.74 Å². The van der Waals surface area contributed by atoms with Gasteiger partial charge in [-0.2, -0.15) is 0 Å². The minimum absolute atomic E-state index is 0.0451. The molecule has 1 fully saturated rings. The van der Waals surface area contributed by atoms with Crippen LogP contribution in [-0.2, 0) is 0 Å². The third-order valence-electron chi connectivity index (χ3n) is 3.75. The molecule has 1 aliphatic heterocycles. The highest BCUT2D eigenvalue weighted by Crippen LogP contribution is 2.28. The third kappa shape index (κ3) is 3.45. The molecule has 2 rings (SSSR count). The normalized spacial score (nSPS) is 21.9. The Morgan fingerprint density at radius 2 is 2.11 bits per heavy atom. The quantitative estimate of drug-likeness (QED) is 0.860. The van der Waals surface area contributed by atoms with E-state index < -0.39 is 0 Å². The first kappa shape index (κ1) is 14.3. The number of ether oxygens (including phenoxy) is 1. The molecule has 2 unspecified atom stereocenters. The number of piperidine rings is 1. The van der Waals surface area contributed by atoms with Crippen molar-refractivity contribution in [2.45, 2.75) is 25.8 Å². The lowest BCUT2D eigenvalue weighted by atomic mass is 9.96. The lowest BCUT2D eigenvalue weighted by Crippen LogP contribution is -2.42. The minimum atomic E-state index is 0.0451. The zero-order chi connectivity index (χ0) is 13.8. The van der Waals surface area contributed by atoms with Gasteiger partial charge in [-0.3, -0.25) is 4.90 Å². The molecular formula is C15H22N2OS. The van der Waals surface area contributed by atoms with Gasteiger partial charge in [0.15, 0.2) is 0 Å². The summed E-state index contributed by atoms with van der Waals surface area (Å²) in [7, 11) is 1.67. The van der Waals surface area contributed by atoms with Crippen LogP contribution in [0.15, 0.2) is 24.3 Å². The van der Waals surface area contributed by atoms with Gasteiger partial charge in [-0.1, -0.05) is 31.3 Å². The third-order valence-corrected chi connectivity index (χ3v) is 3.98. The zero-order valence-corrected chi connectivity index (χ0v) is 12.5. The first-order valence-electron chi connectivity index (χ1n) is 6.79. The first-order chi connectivity index (χ1) is 9.11. The standard InChI is InChI=1S/C15H22N2OS/c1-11-4-3-9-17(10-11)14(15(16)19)12-5-7-13(18-2)8-6-12/h5-8,11,14H,3-4,9-10H2,1-2H3,(H2,16,19). The summed E-state index contributed by atoms with van der Waals surface area (Å²) in [5, 5.41) is 0. The number of hydrogen-bond acceptors (Lipinski definition) is 3. The Bertz CT molecular complexity index is 432. The second-order valence-corrected chi connectivity index (χ2v) is 5.79. The molecule has 1 aliphatic rings. The van der Waals surface area contributed by atoms with Gasteiger partial charge < -0.3 is 10.5 Å². The highest BCUT2D eigenvalue weighted by atomic mass is 32.1. The summed E-state index contributed by atoms with van der Waals surface area (Å²) in [5.74, 6) is 1.57. The molecule has 2 N–H and O–H groups in total. The fourth-order valence-corrected chi connectivity index (χ4v) is 3.09. The summed E-state index contributed by atoms with van der Waals surface area (Å²) < 4.78 is 5.19. The number of benzene rings is 1. The van der Waals surface area contributed by atoms with Crippen LogP contribution in [0.4, 0.5) is 0 Å². The minimum Gasteiger partial charge on any atom is -0.497 e. The second kappa shape index (κ2) is 6.35. The average molecular weight is 278 g/mol. The van der Waals surface area contributed by atoms with Gasteiger partial charge in [0.1, 0.15) is 5.75 Å². The van der Waals surface area contributed by atoms with Crippen molar-refractivity contribution in [3.63, 3.8) is 0 Å². The number of hydrogen-bond donors (Lipinski definition) is 1. The lowest BCUT2D eigenvalue weighted by molar-refractivity contribution is 0.162. The van der Waals surface area contributed by atoms with Gasteiger partial charge in [0, 0.05) is 6.54 Å². The molecule has 1 aromatic rings. The van der Waals surface area contributed by atoms with Crippen molar-refractivity contribution in [1.29, 1.82) is 0 Å². The van der Waals surface area contributed by atoms with Crippen molar-refractivity contribution >= 4 is 17.2 Å². The highest BCUT2D eigenvalue weighted by Gasteiger charge is 2.27. The van der Waals surface area contributed by atoms with Crippen LogP contribution in [0.5, 0.6) is 5.75 Å². The monoisotopic (exact) mass is 278 g/mol. The maximum atomic E-state index is 5.97. The van der Waals surface area contributed by atoms with E-state index in [2.05, 4.69) is 24.0 Å². The van der Waals surface area contributed by atoms with Gasteiger partial charge in [-0.15, -0.1) is 0 Å². The molecule has 1 aromatic carbocycles. The summed E-state index contributed by atoms with van der Waals surface area (Å²) in [6, 6.07) is 8.09. The molecule has 4 heteroatoms. The fraction of sp³-hybridized carbons (Fsp3) is 0.533. The van der Waals surface area contributed by atoms with Crippen molar-refractivity contribution in [3.05, 3.63) is 29.8 Å². The number of rotatable bonds is 4. The van der Waals surface area contributed by atoms with Crippen LogP contribution in [0.3, 0.4) is 0 Å². The molecule has 1 heterocycles. The SMILES string of the molecule is COc1ccc(C(C(N)=S)N2CCCC(C)C2)cc1. The van der Waals surface area contributed by atoms with Crippen molar-refractivity contribution in [2.24, 2.45) is 11.7 Å². The molecule has 0 amide bonds. The number of thiocarbonyl (C=S) groups is 1. The maximum Gasteiger partial charge on any atom is 0.118 e. The lowest BCUT2D eigenvalue weighted by Gasteiger charge is -2.37. The van der Waals surface area contributed by atoms with Crippen molar-refractivity contribution in [3.8, 4) is 5.75 Å². The van der Waals surface area contributed by atoms with Crippen molar-refractivity contribution in [1.82, 2.24) is 4.90 Å². The van der Waals surface area contributed by atoms with E-state index in [-0.39, 0.29) is 6.04 Å². The largest absolute Gasteiger partial charge is 0.497 e. The Morgan fingerprint density at radius 3 is 2.63 bits per heavy atom. The number of nitrogens with two attached hydrogens (primary N) is 1. The van der Waals surface area contributed by atoms with Gasteiger partial charge in [0.2, 0.25) is 0 Å². The fourth-order valence-electron chi connectivity index (χ4n) is 2.80. The van der Waals surface area contributed by atoms with E-state index in [4.69, 9.17) is 22.7 Å². The number of likely N-dealkylation sites (tertiary alicyclic amines) is 1. The molecule has 0 radical (unpaired) electrons. The predicted octanol–water partition coefficient (Wildman–Crippen LogP) is 2.75. The van der Waals surface area contributed by atoms with E-state index in [9.17, 15) is 0 Å². The Labute approximate surface area is 120 Å².